The predicted molar refractivity (Wildman–Crippen MR) is 152 cm³/mol. The summed E-state index contributed by atoms with van der Waals surface area (Å²) in [5.41, 5.74) is 3.20. The van der Waals surface area contributed by atoms with Crippen LogP contribution in [0.1, 0.15) is 77.5 Å². The van der Waals surface area contributed by atoms with Crippen LogP contribution in [0.5, 0.6) is 5.88 Å². The Morgan fingerprint density at radius 3 is 2.74 bits per heavy atom. The normalized spacial score (nSPS) is 24.8. The molecule has 0 saturated heterocycles. The molecule has 1 heterocycles. The lowest BCUT2D eigenvalue weighted by atomic mass is 9.57. The molecule has 1 spiro atoms. The van der Waals surface area contributed by atoms with E-state index in [4.69, 9.17) is 10.1 Å². The van der Waals surface area contributed by atoms with Crippen molar-refractivity contribution in [2.45, 2.75) is 77.7 Å². The van der Waals surface area contributed by atoms with Crippen molar-refractivity contribution in [2.24, 2.45) is 22.4 Å². The number of hydrogen-bond acceptors (Lipinski definition) is 10. The summed E-state index contributed by atoms with van der Waals surface area (Å²) < 4.78 is 6.22. The quantitative estimate of drug-likeness (QED) is 0.110. The molecule has 2 unspecified atom stereocenters. The highest BCUT2D eigenvalue weighted by molar-refractivity contribution is 6.14. The van der Waals surface area contributed by atoms with E-state index in [-0.39, 0.29) is 23.6 Å². The minimum absolute atomic E-state index is 0.0157. The number of aliphatic hydroxyl groups excluding tert-OH is 1. The monoisotopic (exact) mass is 527 g/mol. The number of aromatic nitrogens is 2. The number of carbonyl (C=O) groups excluding carboxylic acids is 1. The Hall–Kier alpha value is -2.85. The number of Topliss-reactive ketones (excluding diaryl/α,β-unsaturated/α-hetero) is 1. The highest BCUT2D eigenvalue weighted by Gasteiger charge is 2.49. The van der Waals surface area contributed by atoms with Gasteiger partial charge in [0.2, 0.25) is 5.88 Å². The SMILES string of the molecule is CNCCCC(C)[C@H](C)Oc1cc(N/N=C\C=N)nc(/C(O)=C2\CCC[C@@]3(CCCCC3=O)C2CNC)n1. The van der Waals surface area contributed by atoms with Crippen LogP contribution in [0.2, 0.25) is 0 Å². The van der Waals surface area contributed by atoms with E-state index in [1.807, 2.05) is 21.0 Å². The summed E-state index contributed by atoms with van der Waals surface area (Å²) in [5.74, 6) is 1.37. The maximum absolute atomic E-state index is 13.3. The Morgan fingerprint density at radius 2 is 2.03 bits per heavy atom. The molecule has 2 fully saturated rings. The maximum atomic E-state index is 13.3. The Balaban J connectivity index is 1.98. The molecule has 210 valence electrons. The lowest BCUT2D eigenvalue weighted by Gasteiger charge is -2.46. The van der Waals surface area contributed by atoms with Gasteiger partial charge in [-0.1, -0.05) is 13.3 Å². The number of nitrogens with zero attached hydrogens (tertiary/aromatic N) is 3. The first-order valence-electron chi connectivity index (χ1n) is 13.9. The summed E-state index contributed by atoms with van der Waals surface area (Å²) in [6.07, 6.45) is 10.1. The van der Waals surface area contributed by atoms with Crippen LogP contribution in [0.4, 0.5) is 5.82 Å². The molecule has 3 rings (SSSR count). The average Bonchev–Trinajstić information content (AvgIpc) is 2.91. The van der Waals surface area contributed by atoms with E-state index >= 15 is 0 Å². The third kappa shape index (κ3) is 7.17. The number of rotatable bonds is 13. The lowest BCUT2D eigenvalue weighted by molar-refractivity contribution is -0.135. The highest BCUT2D eigenvalue weighted by atomic mass is 16.5. The highest BCUT2D eigenvalue weighted by Crippen LogP contribution is 2.52. The standard InChI is InChI=1S/C28H45N7O3/c1-19(9-8-15-30-3)20(2)38-25-17-24(35-32-16-14-29)33-27(34-25)26(37)21-10-7-13-28(22(21)18-31-4)12-6-5-11-23(28)36/h14,16-17,19-20,22,29-31,37H,5-13,15,18H2,1-4H3,(H,33,34,35)/b26-21-,29-14?,32-16-/t19?,20-,22?,28-/m0/s1. The fourth-order valence-electron chi connectivity index (χ4n) is 5.90. The molecule has 2 aliphatic carbocycles. The summed E-state index contributed by atoms with van der Waals surface area (Å²) in [4.78, 5) is 22.4. The number of nitrogens with one attached hydrogen (secondary N) is 4. The molecule has 2 aliphatic rings. The Kier molecular flexibility index (Phi) is 11.2. The van der Waals surface area contributed by atoms with Crippen molar-refractivity contribution < 1.29 is 14.6 Å². The van der Waals surface area contributed by atoms with Gasteiger partial charge in [-0.15, -0.1) is 0 Å². The molecule has 0 aliphatic heterocycles. The molecule has 10 nitrogen and oxygen atoms in total. The smallest absolute Gasteiger partial charge is 0.219 e. The van der Waals surface area contributed by atoms with Gasteiger partial charge in [-0.2, -0.15) is 10.1 Å². The summed E-state index contributed by atoms with van der Waals surface area (Å²) >= 11 is 0. The first-order chi connectivity index (χ1) is 18.4. The fourth-order valence-corrected chi connectivity index (χ4v) is 5.90. The van der Waals surface area contributed by atoms with Crippen molar-refractivity contribution in [3.8, 4) is 5.88 Å². The van der Waals surface area contributed by atoms with Gasteiger partial charge >= 0.3 is 0 Å². The van der Waals surface area contributed by atoms with Crippen LogP contribution in [0, 0.1) is 22.7 Å². The van der Waals surface area contributed by atoms with E-state index in [0.717, 1.165) is 63.3 Å². The molecule has 0 bridgehead atoms. The average molecular weight is 528 g/mol. The number of anilines is 1. The number of hydrogen-bond donors (Lipinski definition) is 5. The largest absolute Gasteiger partial charge is 0.504 e. The third-order valence-corrected chi connectivity index (χ3v) is 8.14. The molecule has 1 aromatic rings. The molecule has 0 radical (unpaired) electrons. The van der Waals surface area contributed by atoms with E-state index in [1.54, 1.807) is 6.07 Å². The van der Waals surface area contributed by atoms with Crippen molar-refractivity contribution in [3.05, 3.63) is 17.5 Å². The van der Waals surface area contributed by atoms with Crippen LogP contribution >= 0.6 is 0 Å². The summed E-state index contributed by atoms with van der Waals surface area (Å²) in [6.45, 7) is 5.73. The van der Waals surface area contributed by atoms with Gasteiger partial charge in [-0.05, 0) is 84.0 Å². The predicted octanol–water partition coefficient (Wildman–Crippen LogP) is 4.34. The van der Waals surface area contributed by atoms with Crippen LogP contribution < -0.4 is 20.8 Å². The van der Waals surface area contributed by atoms with Gasteiger partial charge in [0.05, 0.1) is 6.21 Å². The van der Waals surface area contributed by atoms with E-state index in [0.29, 0.717) is 42.8 Å². The van der Waals surface area contributed by atoms with Gasteiger partial charge in [-0.3, -0.25) is 10.2 Å². The zero-order valence-electron chi connectivity index (χ0n) is 23.3. The second kappa shape index (κ2) is 14.3. The summed E-state index contributed by atoms with van der Waals surface area (Å²) in [5, 5.41) is 29.2. The van der Waals surface area contributed by atoms with Crippen LogP contribution in [-0.2, 0) is 4.79 Å². The number of aliphatic hydroxyl groups is 1. The Labute approximate surface area is 226 Å². The second-order valence-electron chi connectivity index (χ2n) is 10.6. The number of ether oxygens (including phenoxy) is 1. The number of hydrazone groups is 1. The van der Waals surface area contributed by atoms with E-state index in [2.05, 4.69) is 38.1 Å². The van der Waals surface area contributed by atoms with E-state index < -0.39 is 5.41 Å². The van der Waals surface area contributed by atoms with Crippen LogP contribution in [0.15, 0.2) is 16.7 Å². The maximum Gasteiger partial charge on any atom is 0.219 e. The molecule has 5 N–H and O–H groups in total. The fraction of sp³-hybridized carbons (Fsp3) is 0.679. The van der Waals surface area contributed by atoms with Crippen molar-refractivity contribution in [1.82, 2.24) is 20.6 Å². The van der Waals surface area contributed by atoms with E-state index in [1.165, 1.54) is 6.21 Å². The zero-order valence-corrected chi connectivity index (χ0v) is 23.3. The second-order valence-corrected chi connectivity index (χ2v) is 10.6. The van der Waals surface area contributed by atoms with E-state index in [9.17, 15) is 9.90 Å². The Bertz CT molecular complexity index is 1010. The van der Waals surface area contributed by atoms with Gasteiger partial charge in [0, 0.05) is 36.6 Å². The third-order valence-electron chi connectivity index (χ3n) is 8.14. The minimum atomic E-state index is -0.441. The topological polar surface area (TPSA) is 145 Å². The summed E-state index contributed by atoms with van der Waals surface area (Å²) in [7, 11) is 3.83. The lowest BCUT2D eigenvalue weighted by Crippen LogP contribution is -2.47. The first-order valence-corrected chi connectivity index (χ1v) is 13.9. The molecule has 2 saturated carbocycles. The molecular weight excluding hydrogens is 482 g/mol. The number of ketones is 1. The first kappa shape index (κ1) is 29.7. The van der Waals surface area contributed by atoms with Gasteiger partial charge in [0.25, 0.3) is 0 Å². The molecule has 10 heteroatoms. The molecular formula is C28H45N7O3. The molecule has 1 aromatic heterocycles. The molecule has 0 aromatic carbocycles. The molecule has 4 atom stereocenters. The van der Waals surface area contributed by atoms with Crippen molar-refractivity contribution >= 4 is 29.8 Å². The summed E-state index contributed by atoms with van der Waals surface area (Å²) in [6, 6.07) is 1.65. The van der Waals surface area contributed by atoms with Crippen molar-refractivity contribution in [2.75, 3.05) is 32.6 Å². The van der Waals surface area contributed by atoms with Gasteiger partial charge in [0.1, 0.15) is 11.9 Å². The van der Waals surface area contributed by atoms with Gasteiger partial charge in [-0.25, -0.2) is 4.98 Å². The molecule has 38 heavy (non-hydrogen) atoms. The Morgan fingerprint density at radius 1 is 1.24 bits per heavy atom. The van der Waals surface area contributed by atoms with Gasteiger partial charge in [0.15, 0.2) is 17.4 Å². The zero-order chi connectivity index (χ0) is 27.5. The van der Waals surface area contributed by atoms with Crippen LogP contribution in [-0.4, -0.2) is 66.6 Å². The number of carbonyl (C=O) groups is 1. The van der Waals surface area contributed by atoms with Crippen LogP contribution in [0.3, 0.4) is 0 Å². The van der Waals surface area contributed by atoms with Crippen molar-refractivity contribution in [1.29, 1.82) is 5.41 Å². The minimum Gasteiger partial charge on any atom is -0.504 e. The van der Waals surface area contributed by atoms with Crippen LogP contribution in [0.25, 0.3) is 5.76 Å². The van der Waals surface area contributed by atoms with Crippen molar-refractivity contribution in [3.63, 3.8) is 0 Å². The van der Waals surface area contributed by atoms with Gasteiger partial charge < -0.3 is 25.9 Å². The molecule has 0 amide bonds.